The fourth-order valence-electron chi connectivity index (χ4n) is 2.58. The Balaban J connectivity index is 1.69. The summed E-state index contributed by atoms with van der Waals surface area (Å²) in [6, 6.07) is 7.71. The van der Waals surface area contributed by atoms with Gasteiger partial charge >= 0.3 is 0 Å². The van der Waals surface area contributed by atoms with Crippen LogP contribution in [0.2, 0.25) is 0 Å². The third-order valence-electron chi connectivity index (χ3n) is 3.74. The topological polar surface area (TPSA) is 60.2 Å². The molecule has 5 heteroatoms. The van der Waals surface area contributed by atoms with E-state index in [2.05, 4.69) is 15.5 Å². The molecule has 1 fully saturated rings. The maximum absolute atomic E-state index is 5.34. The number of nitrogens with zero attached hydrogens (tertiary/aromatic N) is 2. The van der Waals surface area contributed by atoms with Crippen molar-refractivity contribution in [1.29, 1.82) is 0 Å². The van der Waals surface area contributed by atoms with Crippen LogP contribution in [-0.4, -0.2) is 30.3 Å². The molecule has 1 aromatic carbocycles. The average Bonchev–Trinajstić information content (AvgIpc) is 3.16. The van der Waals surface area contributed by atoms with Crippen molar-refractivity contribution in [3.8, 4) is 17.1 Å². The fourth-order valence-corrected chi connectivity index (χ4v) is 2.58. The molecule has 1 atom stereocenters. The van der Waals surface area contributed by atoms with Crippen molar-refractivity contribution in [3.63, 3.8) is 0 Å². The van der Waals surface area contributed by atoms with Crippen molar-refractivity contribution in [2.75, 3.05) is 20.2 Å². The number of aryl methyl sites for hydroxylation is 1. The van der Waals surface area contributed by atoms with Gasteiger partial charge < -0.3 is 14.6 Å². The van der Waals surface area contributed by atoms with E-state index in [0.29, 0.717) is 11.7 Å². The van der Waals surface area contributed by atoms with E-state index in [1.807, 2.05) is 24.3 Å². The van der Waals surface area contributed by atoms with Crippen LogP contribution < -0.4 is 10.1 Å². The highest BCUT2D eigenvalue weighted by molar-refractivity contribution is 5.63. The van der Waals surface area contributed by atoms with Crippen molar-refractivity contribution < 1.29 is 9.26 Å². The van der Waals surface area contributed by atoms with E-state index in [9.17, 15) is 0 Å². The zero-order valence-corrected chi connectivity index (χ0v) is 11.6. The molecule has 1 N–H and O–H groups in total. The highest BCUT2D eigenvalue weighted by atomic mass is 16.5. The normalized spacial score (nSPS) is 18.4. The van der Waals surface area contributed by atoms with Gasteiger partial charge in [-0.15, -0.1) is 0 Å². The van der Waals surface area contributed by atoms with Crippen molar-refractivity contribution in [3.05, 3.63) is 30.2 Å². The van der Waals surface area contributed by atoms with E-state index in [0.717, 1.165) is 43.2 Å². The quantitative estimate of drug-likeness (QED) is 0.905. The smallest absolute Gasteiger partial charge is 0.226 e. The predicted octanol–water partition coefficient (Wildman–Crippen LogP) is 2.29. The van der Waals surface area contributed by atoms with Crippen molar-refractivity contribution in [1.82, 2.24) is 15.5 Å². The zero-order valence-electron chi connectivity index (χ0n) is 11.6. The largest absolute Gasteiger partial charge is 0.496 e. The summed E-state index contributed by atoms with van der Waals surface area (Å²) in [5, 5.41) is 7.43. The molecule has 2 heterocycles. The van der Waals surface area contributed by atoms with Gasteiger partial charge in [-0.2, -0.15) is 4.98 Å². The van der Waals surface area contributed by atoms with Crippen LogP contribution in [0, 0.1) is 5.92 Å². The minimum Gasteiger partial charge on any atom is -0.496 e. The summed E-state index contributed by atoms with van der Waals surface area (Å²) >= 11 is 0. The molecule has 1 aliphatic rings. The van der Waals surface area contributed by atoms with E-state index < -0.39 is 0 Å². The summed E-state index contributed by atoms with van der Waals surface area (Å²) in [6.45, 7) is 2.23. The van der Waals surface area contributed by atoms with Crippen LogP contribution in [0.3, 0.4) is 0 Å². The van der Waals surface area contributed by atoms with Gasteiger partial charge in [-0.1, -0.05) is 17.3 Å². The summed E-state index contributed by atoms with van der Waals surface area (Å²) in [6.07, 6.45) is 3.18. The second kappa shape index (κ2) is 6.05. The molecule has 0 bridgehead atoms. The SMILES string of the molecule is COc1ccccc1-c1noc(CCC2CCNC2)n1. The summed E-state index contributed by atoms with van der Waals surface area (Å²) < 4.78 is 10.7. The fraction of sp³-hybridized carbons (Fsp3) is 0.467. The first kappa shape index (κ1) is 13.1. The monoisotopic (exact) mass is 273 g/mol. The Hall–Kier alpha value is -1.88. The molecule has 106 valence electrons. The maximum atomic E-state index is 5.34. The molecule has 0 amide bonds. The first-order valence-electron chi connectivity index (χ1n) is 7.03. The van der Waals surface area contributed by atoms with Gasteiger partial charge in [0.05, 0.1) is 12.7 Å². The minimum atomic E-state index is 0.599. The zero-order chi connectivity index (χ0) is 13.8. The number of rotatable bonds is 5. The molecule has 1 unspecified atom stereocenters. The van der Waals surface area contributed by atoms with Crippen molar-refractivity contribution in [2.45, 2.75) is 19.3 Å². The number of aromatic nitrogens is 2. The van der Waals surface area contributed by atoms with Gasteiger partial charge in [-0.3, -0.25) is 0 Å². The van der Waals surface area contributed by atoms with E-state index >= 15 is 0 Å². The van der Waals surface area contributed by atoms with E-state index in [1.165, 1.54) is 6.42 Å². The second-order valence-corrected chi connectivity index (χ2v) is 5.11. The Morgan fingerprint density at radius 2 is 2.30 bits per heavy atom. The lowest BCUT2D eigenvalue weighted by Crippen LogP contribution is -2.09. The molecule has 2 aromatic rings. The van der Waals surface area contributed by atoms with Crippen molar-refractivity contribution >= 4 is 0 Å². The van der Waals surface area contributed by atoms with Gasteiger partial charge in [-0.25, -0.2) is 0 Å². The first-order valence-corrected chi connectivity index (χ1v) is 7.03. The molecule has 5 nitrogen and oxygen atoms in total. The van der Waals surface area contributed by atoms with Crippen LogP contribution in [0.1, 0.15) is 18.7 Å². The Bertz CT molecular complexity index is 562. The van der Waals surface area contributed by atoms with Crippen LogP contribution in [0.5, 0.6) is 5.75 Å². The molecule has 0 aliphatic carbocycles. The van der Waals surface area contributed by atoms with Crippen LogP contribution in [0.25, 0.3) is 11.4 Å². The van der Waals surface area contributed by atoms with Gasteiger partial charge in [0.15, 0.2) is 0 Å². The molecule has 1 aliphatic heterocycles. The van der Waals surface area contributed by atoms with Gasteiger partial charge in [0.1, 0.15) is 5.75 Å². The van der Waals surface area contributed by atoms with E-state index in [-0.39, 0.29) is 0 Å². The summed E-state index contributed by atoms with van der Waals surface area (Å²) in [7, 11) is 1.65. The minimum absolute atomic E-state index is 0.599. The maximum Gasteiger partial charge on any atom is 0.226 e. The number of hydrogen-bond acceptors (Lipinski definition) is 5. The van der Waals surface area contributed by atoms with Crippen LogP contribution >= 0.6 is 0 Å². The number of nitrogens with one attached hydrogen (secondary N) is 1. The molecular weight excluding hydrogens is 254 g/mol. The highest BCUT2D eigenvalue weighted by Crippen LogP contribution is 2.27. The number of methoxy groups -OCH3 is 1. The Labute approximate surface area is 118 Å². The molecule has 0 spiro atoms. The number of para-hydroxylation sites is 1. The molecule has 20 heavy (non-hydrogen) atoms. The number of benzene rings is 1. The van der Waals surface area contributed by atoms with Gasteiger partial charge in [-0.05, 0) is 44.0 Å². The van der Waals surface area contributed by atoms with Crippen LogP contribution in [0.4, 0.5) is 0 Å². The van der Waals surface area contributed by atoms with Gasteiger partial charge in [0.25, 0.3) is 0 Å². The van der Waals surface area contributed by atoms with Gasteiger partial charge in [0.2, 0.25) is 11.7 Å². The van der Waals surface area contributed by atoms with E-state index in [4.69, 9.17) is 9.26 Å². The lowest BCUT2D eigenvalue weighted by atomic mass is 10.0. The first-order chi connectivity index (χ1) is 9.86. The Kier molecular flexibility index (Phi) is 3.97. The highest BCUT2D eigenvalue weighted by Gasteiger charge is 2.17. The molecule has 1 aromatic heterocycles. The van der Waals surface area contributed by atoms with Crippen LogP contribution in [-0.2, 0) is 6.42 Å². The lowest BCUT2D eigenvalue weighted by Gasteiger charge is -2.04. The molecule has 0 saturated carbocycles. The summed E-state index contributed by atoms with van der Waals surface area (Å²) in [5.41, 5.74) is 0.868. The molecular formula is C15H19N3O2. The van der Waals surface area contributed by atoms with Crippen molar-refractivity contribution in [2.24, 2.45) is 5.92 Å². The summed E-state index contributed by atoms with van der Waals surface area (Å²) in [5.74, 6) is 2.80. The van der Waals surface area contributed by atoms with Gasteiger partial charge in [0, 0.05) is 6.42 Å². The second-order valence-electron chi connectivity index (χ2n) is 5.11. The number of ether oxygens (including phenoxy) is 1. The van der Waals surface area contributed by atoms with Crippen LogP contribution in [0.15, 0.2) is 28.8 Å². The predicted molar refractivity (Wildman–Crippen MR) is 75.6 cm³/mol. The Morgan fingerprint density at radius 1 is 1.40 bits per heavy atom. The Morgan fingerprint density at radius 3 is 3.10 bits per heavy atom. The van der Waals surface area contributed by atoms with E-state index in [1.54, 1.807) is 7.11 Å². The standard InChI is InChI=1S/C15H19N3O2/c1-19-13-5-3-2-4-12(13)15-17-14(20-18-15)7-6-11-8-9-16-10-11/h2-5,11,16H,6-10H2,1H3. The molecule has 1 saturated heterocycles. The third-order valence-corrected chi connectivity index (χ3v) is 3.74. The lowest BCUT2D eigenvalue weighted by molar-refractivity contribution is 0.364. The molecule has 0 radical (unpaired) electrons. The average molecular weight is 273 g/mol. The number of hydrogen-bond donors (Lipinski definition) is 1. The summed E-state index contributed by atoms with van der Waals surface area (Å²) in [4.78, 5) is 4.47. The molecule has 3 rings (SSSR count). The third kappa shape index (κ3) is 2.82.